The molecule has 0 bridgehead atoms. The Bertz CT molecular complexity index is 634. The van der Waals surface area contributed by atoms with Crippen LogP contribution in [0.25, 0.3) is 0 Å². The van der Waals surface area contributed by atoms with Gasteiger partial charge in [0.1, 0.15) is 11.8 Å². The minimum atomic E-state index is 0.0969. The number of nitrogens with zero attached hydrogens (tertiary/aromatic N) is 1. The number of aromatic amines is 1. The molecule has 2 N–H and O–H groups in total. The van der Waals surface area contributed by atoms with Crippen LogP contribution in [-0.4, -0.2) is 37.4 Å². The molecule has 6 heteroatoms. The molecule has 0 aliphatic heterocycles. The van der Waals surface area contributed by atoms with Gasteiger partial charge in [0.05, 0.1) is 13.7 Å². The summed E-state index contributed by atoms with van der Waals surface area (Å²) >= 11 is 5.62. The van der Waals surface area contributed by atoms with Crippen molar-refractivity contribution in [1.82, 2.24) is 4.90 Å². The maximum absolute atomic E-state index is 5.62. The molecule has 0 fully saturated rings. The molecule has 1 aromatic carbocycles. The SMILES string of the molecule is COCCN(C(=S)Nc1ccc(OC)cc1)C(C)c1cccc[nH+]1. The van der Waals surface area contributed by atoms with Crippen molar-refractivity contribution in [3.05, 3.63) is 54.4 Å². The highest BCUT2D eigenvalue weighted by atomic mass is 32.1. The molecule has 0 aliphatic rings. The highest BCUT2D eigenvalue weighted by Gasteiger charge is 2.22. The summed E-state index contributed by atoms with van der Waals surface area (Å²) in [4.78, 5) is 5.38. The van der Waals surface area contributed by atoms with E-state index < -0.39 is 0 Å². The van der Waals surface area contributed by atoms with E-state index in [-0.39, 0.29) is 6.04 Å². The van der Waals surface area contributed by atoms with E-state index in [2.05, 4.69) is 28.2 Å². The number of anilines is 1. The second-order valence-electron chi connectivity index (χ2n) is 5.34. The predicted octanol–water partition coefficient (Wildman–Crippen LogP) is 2.92. The number of methoxy groups -OCH3 is 2. The number of nitrogens with one attached hydrogen (secondary N) is 2. The van der Waals surface area contributed by atoms with Crippen LogP contribution in [0.15, 0.2) is 48.7 Å². The number of hydrogen-bond acceptors (Lipinski definition) is 3. The van der Waals surface area contributed by atoms with Gasteiger partial charge >= 0.3 is 0 Å². The van der Waals surface area contributed by atoms with E-state index in [1.807, 2.05) is 42.6 Å². The first-order valence-corrected chi connectivity index (χ1v) is 8.23. The third-order valence-corrected chi connectivity index (χ3v) is 4.13. The number of H-pyrrole nitrogens is 1. The molecule has 0 aliphatic carbocycles. The smallest absolute Gasteiger partial charge is 0.202 e. The zero-order chi connectivity index (χ0) is 17.4. The normalized spacial score (nSPS) is 11.6. The number of rotatable bonds is 7. The topological polar surface area (TPSA) is 47.9 Å². The number of thiocarbonyl (C=S) groups is 1. The summed E-state index contributed by atoms with van der Waals surface area (Å²) in [6.45, 7) is 3.41. The maximum atomic E-state index is 5.62. The Balaban J connectivity index is 2.11. The minimum Gasteiger partial charge on any atom is -0.497 e. The average Bonchev–Trinajstić information content (AvgIpc) is 2.63. The Hall–Kier alpha value is -2.18. The Morgan fingerprint density at radius 1 is 1.21 bits per heavy atom. The Morgan fingerprint density at radius 2 is 1.96 bits per heavy atom. The van der Waals surface area contributed by atoms with Gasteiger partial charge in [-0.25, -0.2) is 4.98 Å². The van der Waals surface area contributed by atoms with Gasteiger partial charge in [-0.15, -0.1) is 0 Å². The van der Waals surface area contributed by atoms with Crippen LogP contribution in [0.2, 0.25) is 0 Å². The molecule has 2 aromatic rings. The zero-order valence-electron chi connectivity index (χ0n) is 14.3. The lowest BCUT2D eigenvalue weighted by Crippen LogP contribution is -2.40. The van der Waals surface area contributed by atoms with Crippen LogP contribution in [0, 0.1) is 0 Å². The molecular formula is C18H24N3O2S+. The molecule has 1 aromatic heterocycles. The third-order valence-electron chi connectivity index (χ3n) is 3.79. The highest BCUT2D eigenvalue weighted by molar-refractivity contribution is 7.80. The monoisotopic (exact) mass is 346 g/mol. The standard InChI is InChI=1S/C18H23N3O2S/c1-14(17-6-4-5-11-19-17)21(12-13-22-2)18(24)20-15-7-9-16(23-3)10-8-15/h4-11,14H,12-13H2,1-3H3,(H,20,24)/p+1. The fraction of sp³-hybridized carbons (Fsp3) is 0.333. The Kier molecular flexibility index (Phi) is 6.96. The number of hydrogen-bond donors (Lipinski definition) is 1. The maximum Gasteiger partial charge on any atom is 0.202 e. The summed E-state index contributed by atoms with van der Waals surface area (Å²) < 4.78 is 10.4. The molecule has 0 spiro atoms. The quantitative estimate of drug-likeness (QED) is 0.781. The lowest BCUT2D eigenvalue weighted by atomic mass is 10.2. The Morgan fingerprint density at radius 3 is 2.54 bits per heavy atom. The first-order chi connectivity index (χ1) is 11.7. The van der Waals surface area contributed by atoms with Crippen LogP contribution in [-0.2, 0) is 4.74 Å². The minimum absolute atomic E-state index is 0.0969. The van der Waals surface area contributed by atoms with Crippen molar-refractivity contribution in [2.45, 2.75) is 13.0 Å². The number of pyridine rings is 1. The first-order valence-electron chi connectivity index (χ1n) is 7.83. The zero-order valence-corrected chi connectivity index (χ0v) is 15.1. The summed E-state index contributed by atoms with van der Waals surface area (Å²) in [6.07, 6.45) is 1.92. The van der Waals surface area contributed by atoms with Gasteiger partial charge in [-0.05, 0) is 43.4 Å². The largest absolute Gasteiger partial charge is 0.497 e. The summed E-state index contributed by atoms with van der Waals surface area (Å²) in [5.74, 6) is 0.815. The molecule has 0 saturated carbocycles. The predicted molar refractivity (Wildman–Crippen MR) is 99.2 cm³/mol. The summed E-state index contributed by atoms with van der Waals surface area (Å²) in [7, 11) is 3.34. The highest BCUT2D eigenvalue weighted by Crippen LogP contribution is 2.19. The number of ether oxygens (including phenoxy) is 2. The molecule has 24 heavy (non-hydrogen) atoms. The van der Waals surface area contributed by atoms with Gasteiger partial charge in [-0.1, -0.05) is 6.07 Å². The van der Waals surface area contributed by atoms with Gasteiger partial charge in [0.2, 0.25) is 5.69 Å². The molecule has 128 valence electrons. The summed E-state index contributed by atoms with van der Waals surface area (Å²) in [5, 5.41) is 3.94. The molecule has 5 nitrogen and oxygen atoms in total. The number of aromatic nitrogens is 1. The average molecular weight is 346 g/mol. The molecule has 0 saturated heterocycles. The van der Waals surface area contributed by atoms with Crippen molar-refractivity contribution in [2.24, 2.45) is 0 Å². The van der Waals surface area contributed by atoms with E-state index in [0.717, 1.165) is 17.1 Å². The van der Waals surface area contributed by atoms with Crippen LogP contribution in [0.5, 0.6) is 5.75 Å². The van der Waals surface area contributed by atoms with E-state index in [4.69, 9.17) is 21.7 Å². The molecule has 0 amide bonds. The van der Waals surface area contributed by atoms with Crippen molar-refractivity contribution < 1.29 is 14.5 Å². The van der Waals surface area contributed by atoms with E-state index in [0.29, 0.717) is 18.3 Å². The summed E-state index contributed by atoms with van der Waals surface area (Å²) in [5.41, 5.74) is 2.01. The van der Waals surface area contributed by atoms with E-state index in [9.17, 15) is 0 Å². The van der Waals surface area contributed by atoms with Crippen LogP contribution in [0.4, 0.5) is 5.69 Å². The van der Waals surface area contributed by atoms with Crippen molar-refractivity contribution in [1.29, 1.82) is 0 Å². The van der Waals surface area contributed by atoms with E-state index in [1.54, 1.807) is 14.2 Å². The van der Waals surface area contributed by atoms with Gasteiger partial charge in [0.15, 0.2) is 11.3 Å². The second kappa shape index (κ2) is 9.20. The van der Waals surface area contributed by atoms with Gasteiger partial charge in [0.25, 0.3) is 0 Å². The van der Waals surface area contributed by atoms with E-state index in [1.165, 1.54) is 0 Å². The third kappa shape index (κ3) is 4.91. The van der Waals surface area contributed by atoms with Gasteiger partial charge < -0.3 is 19.7 Å². The van der Waals surface area contributed by atoms with Crippen LogP contribution < -0.4 is 15.0 Å². The molecule has 2 rings (SSSR count). The van der Waals surface area contributed by atoms with Gasteiger partial charge in [-0.2, -0.15) is 0 Å². The second-order valence-corrected chi connectivity index (χ2v) is 5.73. The molecule has 1 atom stereocenters. The van der Waals surface area contributed by atoms with Gasteiger partial charge in [0, 0.05) is 31.5 Å². The molecular weight excluding hydrogens is 322 g/mol. The first kappa shape index (κ1) is 18.2. The fourth-order valence-corrected chi connectivity index (χ4v) is 2.73. The van der Waals surface area contributed by atoms with E-state index >= 15 is 0 Å². The summed E-state index contributed by atoms with van der Waals surface area (Å²) in [6, 6.07) is 13.8. The fourth-order valence-electron chi connectivity index (χ4n) is 2.37. The van der Waals surface area contributed by atoms with Crippen LogP contribution in [0.3, 0.4) is 0 Å². The van der Waals surface area contributed by atoms with Crippen molar-refractivity contribution in [3.63, 3.8) is 0 Å². The van der Waals surface area contributed by atoms with Crippen molar-refractivity contribution in [2.75, 3.05) is 32.7 Å². The Labute approximate surface area is 148 Å². The van der Waals surface area contributed by atoms with Crippen LogP contribution in [0.1, 0.15) is 18.7 Å². The lowest BCUT2D eigenvalue weighted by Gasteiger charge is -2.29. The molecule has 1 heterocycles. The van der Waals surface area contributed by atoms with Crippen LogP contribution >= 0.6 is 12.2 Å². The lowest BCUT2D eigenvalue weighted by molar-refractivity contribution is -0.395. The van der Waals surface area contributed by atoms with Crippen molar-refractivity contribution in [3.8, 4) is 5.75 Å². The number of benzene rings is 1. The van der Waals surface area contributed by atoms with Crippen molar-refractivity contribution >= 4 is 23.0 Å². The molecule has 0 radical (unpaired) electrons. The van der Waals surface area contributed by atoms with Gasteiger partial charge in [-0.3, -0.25) is 0 Å². The molecule has 1 unspecified atom stereocenters.